The highest BCUT2D eigenvalue weighted by Crippen LogP contribution is 2.23. The SMILES string of the molecule is CCOC(=O)Cn1nc(-c2ccc[n+]([O-])c2)c(C)c1C. The molecule has 0 aromatic carbocycles. The van der Waals surface area contributed by atoms with Crippen molar-refractivity contribution in [2.75, 3.05) is 6.61 Å². The summed E-state index contributed by atoms with van der Waals surface area (Å²) >= 11 is 0. The van der Waals surface area contributed by atoms with Gasteiger partial charge in [-0.2, -0.15) is 9.83 Å². The van der Waals surface area contributed by atoms with Crippen LogP contribution in [0.3, 0.4) is 0 Å². The van der Waals surface area contributed by atoms with E-state index in [4.69, 9.17) is 4.74 Å². The number of rotatable bonds is 4. The lowest BCUT2D eigenvalue weighted by Gasteiger charge is -2.03. The standard InChI is InChI=1S/C14H17N3O3/c1-4-20-13(18)9-17-11(3)10(2)14(15-17)12-6-5-7-16(19)8-12/h5-8H,4,9H2,1-3H3. The van der Waals surface area contributed by atoms with Crippen LogP contribution in [0.5, 0.6) is 0 Å². The number of nitrogens with zero attached hydrogens (tertiary/aromatic N) is 3. The minimum Gasteiger partial charge on any atom is -0.619 e. The van der Waals surface area contributed by atoms with Crippen LogP contribution < -0.4 is 4.73 Å². The number of pyridine rings is 1. The normalized spacial score (nSPS) is 10.6. The zero-order valence-electron chi connectivity index (χ0n) is 11.8. The number of aromatic nitrogens is 3. The average Bonchev–Trinajstić information content (AvgIpc) is 2.67. The fraction of sp³-hybridized carbons (Fsp3) is 0.357. The molecular formula is C14H17N3O3. The van der Waals surface area contributed by atoms with E-state index >= 15 is 0 Å². The predicted octanol–water partition coefficient (Wildman–Crippen LogP) is 1.36. The summed E-state index contributed by atoms with van der Waals surface area (Å²) in [5.74, 6) is -0.323. The lowest BCUT2D eigenvalue weighted by Crippen LogP contribution is -2.24. The lowest BCUT2D eigenvalue weighted by molar-refractivity contribution is -0.604. The van der Waals surface area contributed by atoms with Crippen LogP contribution in [0, 0.1) is 19.1 Å². The molecule has 0 amide bonds. The highest BCUT2D eigenvalue weighted by Gasteiger charge is 2.16. The van der Waals surface area contributed by atoms with E-state index in [1.165, 1.54) is 12.4 Å². The van der Waals surface area contributed by atoms with Gasteiger partial charge in [0.2, 0.25) is 0 Å². The number of hydrogen-bond donors (Lipinski definition) is 0. The summed E-state index contributed by atoms with van der Waals surface area (Å²) < 4.78 is 7.25. The Morgan fingerprint density at radius 1 is 1.50 bits per heavy atom. The molecule has 0 unspecified atom stereocenters. The Labute approximate surface area is 117 Å². The number of carbonyl (C=O) groups excluding carboxylic acids is 1. The predicted molar refractivity (Wildman–Crippen MR) is 72.7 cm³/mol. The molecule has 2 aromatic heterocycles. The maximum atomic E-state index is 11.5. The first-order chi connectivity index (χ1) is 9.52. The second-order valence-electron chi connectivity index (χ2n) is 4.47. The third-order valence-corrected chi connectivity index (χ3v) is 3.14. The van der Waals surface area contributed by atoms with Crippen molar-refractivity contribution in [3.63, 3.8) is 0 Å². The summed E-state index contributed by atoms with van der Waals surface area (Å²) in [6, 6.07) is 3.49. The summed E-state index contributed by atoms with van der Waals surface area (Å²) in [4.78, 5) is 11.5. The van der Waals surface area contributed by atoms with E-state index in [2.05, 4.69) is 5.10 Å². The number of ether oxygens (including phenoxy) is 1. The topological polar surface area (TPSA) is 71.1 Å². The average molecular weight is 275 g/mol. The van der Waals surface area contributed by atoms with Gasteiger partial charge in [-0.1, -0.05) is 0 Å². The smallest absolute Gasteiger partial charge is 0.327 e. The van der Waals surface area contributed by atoms with E-state index in [0.717, 1.165) is 21.6 Å². The maximum Gasteiger partial charge on any atom is 0.327 e. The summed E-state index contributed by atoms with van der Waals surface area (Å²) in [7, 11) is 0. The van der Waals surface area contributed by atoms with Crippen LogP contribution in [-0.2, 0) is 16.1 Å². The van der Waals surface area contributed by atoms with Gasteiger partial charge in [0.1, 0.15) is 12.2 Å². The highest BCUT2D eigenvalue weighted by molar-refractivity contribution is 5.70. The zero-order valence-corrected chi connectivity index (χ0v) is 11.8. The molecule has 0 N–H and O–H groups in total. The largest absolute Gasteiger partial charge is 0.619 e. The molecule has 2 heterocycles. The Morgan fingerprint density at radius 3 is 2.90 bits per heavy atom. The van der Waals surface area contributed by atoms with Gasteiger partial charge in [-0.05, 0) is 32.4 Å². The molecule has 0 fully saturated rings. The first kappa shape index (κ1) is 14.0. The Morgan fingerprint density at radius 2 is 2.25 bits per heavy atom. The first-order valence-corrected chi connectivity index (χ1v) is 6.41. The lowest BCUT2D eigenvalue weighted by atomic mass is 10.1. The fourth-order valence-corrected chi connectivity index (χ4v) is 1.99. The van der Waals surface area contributed by atoms with Crippen molar-refractivity contribution in [2.45, 2.75) is 27.3 Å². The Balaban J connectivity index is 2.35. The van der Waals surface area contributed by atoms with Gasteiger partial charge in [0, 0.05) is 11.8 Å². The van der Waals surface area contributed by atoms with Crippen molar-refractivity contribution in [3.8, 4) is 11.3 Å². The van der Waals surface area contributed by atoms with E-state index in [9.17, 15) is 10.0 Å². The molecular weight excluding hydrogens is 258 g/mol. The molecule has 0 bridgehead atoms. The molecule has 0 aliphatic carbocycles. The van der Waals surface area contributed by atoms with Gasteiger partial charge in [-0.3, -0.25) is 9.48 Å². The van der Waals surface area contributed by atoms with Crippen molar-refractivity contribution >= 4 is 5.97 Å². The van der Waals surface area contributed by atoms with E-state index < -0.39 is 0 Å². The summed E-state index contributed by atoms with van der Waals surface area (Å²) in [6.07, 6.45) is 2.88. The molecule has 0 saturated carbocycles. The highest BCUT2D eigenvalue weighted by atomic mass is 16.5. The molecule has 2 rings (SSSR count). The number of carbonyl (C=O) groups is 1. The van der Waals surface area contributed by atoms with Crippen LogP contribution >= 0.6 is 0 Å². The molecule has 0 aliphatic rings. The molecule has 6 nitrogen and oxygen atoms in total. The molecule has 2 aromatic rings. The molecule has 0 aliphatic heterocycles. The van der Waals surface area contributed by atoms with Gasteiger partial charge in [0.25, 0.3) is 0 Å². The second-order valence-corrected chi connectivity index (χ2v) is 4.47. The molecule has 106 valence electrons. The monoisotopic (exact) mass is 275 g/mol. The molecule has 0 radical (unpaired) electrons. The van der Waals surface area contributed by atoms with E-state index in [-0.39, 0.29) is 12.5 Å². The Hall–Kier alpha value is -2.37. The maximum absolute atomic E-state index is 11.5. The number of hydrogen-bond acceptors (Lipinski definition) is 4. The van der Waals surface area contributed by atoms with E-state index in [1.807, 2.05) is 19.9 Å². The van der Waals surface area contributed by atoms with E-state index in [0.29, 0.717) is 12.3 Å². The third kappa shape index (κ3) is 2.79. The summed E-state index contributed by atoms with van der Waals surface area (Å²) in [6.45, 7) is 5.99. The Bertz CT molecular complexity index is 635. The van der Waals surface area contributed by atoms with Crippen LogP contribution in [0.2, 0.25) is 0 Å². The third-order valence-electron chi connectivity index (χ3n) is 3.14. The summed E-state index contributed by atoms with van der Waals surface area (Å²) in [5.41, 5.74) is 3.26. The van der Waals surface area contributed by atoms with Gasteiger partial charge in [-0.25, -0.2) is 0 Å². The minimum absolute atomic E-state index is 0.0741. The molecule has 6 heteroatoms. The van der Waals surface area contributed by atoms with Crippen LogP contribution in [0.25, 0.3) is 11.3 Å². The molecule has 0 spiro atoms. The van der Waals surface area contributed by atoms with Crippen LogP contribution in [-0.4, -0.2) is 22.4 Å². The zero-order chi connectivity index (χ0) is 14.7. The van der Waals surface area contributed by atoms with Crippen molar-refractivity contribution in [1.29, 1.82) is 0 Å². The summed E-state index contributed by atoms with van der Waals surface area (Å²) in [5, 5.41) is 15.7. The van der Waals surface area contributed by atoms with Crippen molar-refractivity contribution in [2.24, 2.45) is 0 Å². The van der Waals surface area contributed by atoms with Gasteiger partial charge in [0.05, 0.1) is 12.2 Å². The quantitative estimate of drug-likeness (QED) is 0.480. The second kappa shape index (κ2) is 5.73. The van der Waals surface area contributed by atoms with Crippen molar-refractivity contribution in [1.82, 2.24) is 9.78 Å². The van der Waals surface area contributed by atoms with Gasteiger partial charge >= 0.3 is 5.97 Å². The fourth-order valence-electron chi connectivity index (χ4n) is 1.99. The van der Waals surface area contributed by atoms with Gasteiger partial charge in [-0.15, -0.1) is 0 Å². The van der Waals surface area contributed by atoms with Gasteiger partial charge < -0.3 is 9.94 Å². The number of esters is 1. The van der Waals surface area contributed by atoms with Crippen LogP contribution in [0.15, 0.2) is 24.5 Å². The Kier molecular flexibility index (Phi) is 4.02. The minimum atomic E-state index is -0.323. The molecule has 0 atom stereocenters. The van der Waals surface area contributed by atoms with Gasteiger partial charge in [0.15, 0.2) is 12.4 Å². The first-order valence-electron chi connectivity index (χ1n) is 6.41. The molecule has 20 heavy (non-hydrogen) atoms. The van der Waals surface area contributed by atoms with Crippen molar-refractivity contribution < 1.29 is 14.3 Å². The van der Waals surface area contributed by atoms with E-state index in [1.54, 1.807) is 17.7 Å². The van der Waals surface area contributed by atoms with Crippen LogP contribution in [0.4, 0.5) is 0 Å². The molecule has 0 saturated heterocycles. The van der Waals surface area contributed by atoms with Crippen LogP contribution in [0.1, 0.15) is 18.2 Å². The van der Waals surface area contributed by atoms with Crippen molar-refractivity contribution in [3.05, 3.63) is 41.0 Å².